The zero-order valence-corrected chi connectivity index (χ0v) is 11.2. The van der Waals surface area contributed by atoms with E-state index in [2.05, 4.69) is 0 Å². The Morgan fingerprint density at radius 1 is 1.32 bits per heavy atom. The van der Waals surface area contributed by atoms with Gasteiger partial charge in [-0.05, 0) is 17.5 Å². The Kier molecular flexibility index (Phi) is 3.35. The van der Waals surface area contributed by atoms with Crippen molar-refractivity contribution in [3.05, 3.63) is 34.1 Å². The topological polar surface area (TPSA) is 51.5 Å². The van der Waals surface area contributed by atoms with Crippen LogP contribution in [-0.2, 0) is 16.1 Å². The molecule has 1 saturated heterocycles. The molecule has 100 valence electrons. The summed E-state index contributed by atoms with van der Waals surface area (Å²) < 4.78 is 7.65. The van der Waals surface area contributed by atoms with Gasteiger partial charge in [0.25, 0.3) is 5.56 Å². The van der Waals surface area contributed by atoms with Crippen LogP contribution in [0.5, 0.6) is 0 Å². The summed E-state index contributed by atoms with van der Waals surface area (Å²) in [7, 11) is 0. The van der Waals surface area contributed by atoms with Crippen LogP contribution in [0.4, 0.5) is 0 Å². The van der Waals surface area contributed by atoms with Gasteiger partial charge in [-0.2, -0.15) is 0 Å². The number of fused-ring (bicyclic) bond motifs is 1. The molecule has 6 heteroatoms. The van der Waals surface area contributed by atoms with E-state index in [4.69, 9.17) is 4.74 Å². The molecule has 3 heterocycles. The van der Waals surface area contributed by atoms with Crippen LogP contribution in [0.25, 0.3) is 10.1 Å². The molecular formula is C13H14N2O3S. The first-order valence-electron chi connectivity index (χ1n) is 6.18. The first kappa shape index (κ1) is 12.4. The summed E-state index contributed by atoms with van der Waals surface area (Å²) >= 11 is 1.53. The normalized spacial score (nSPS) is 15.9. The smallest absolute Gasteiger partial charge is 0.259 e. The third-order valence-corrected chi connectivity index (χ3v) is 4.14. The largest absolute Gasteiger partial charge is 0.378 e. The molecule has 2 aromatic rings. The van der Waals surface area contributed by atoms with Gasteiger partial charge < -0.3 is 14.2 Å². The summed E-state index contributed by atoms with van der Waals surface area (Å²) in [6.45, 7) is 2.46. The quantitative estimate of drug-likeness (QED) is 0.821. The fourth-order valence-corrected chi connectivity index (χ4v) is 2.96. The van der Waals surface area contributed by atoms with Gasteiger partial charge in [0.05, 0.1) is 18.6 Å². The molecule has 1 fully saturated rings. The van der Waals surface area contributed by atoms with Gasteiger partial charge >= 0.3 is 0 Å². The van der Waals surface area contributed by atoms with E-state index in [9.17, 15) is 9.59 Å². The number of nitrogens with zero attached hydrogens (tertiary/aromatic N) is 2. The Balaban J connectivity index is 1.82. The highest BCUT2D eigenvalue weighted by atomic mass is 32.1. The number of aromatic nitrogens is 1. The standard InChI is InChI=1S/C13H14N2O3S/c16-12(14-4-6-18-7-5-14)9-15-3-1-11-10(13(15)17)2-8-19-11/h1-3,8H,4-7,9H2. The lowest BCUT2D eigenvalue weighted by Gasteiger charge is -2.27. The number of rotatable bonds is 2. The van der Waals surface area contributed by atoms with Crippen molar-refractivity contribution in [1.29, 1.82) is 0 Å². The van der Waals surface area contributed by atoms with Crippen molar-refractivity contribution in [2.24, 2.45) is 0 Å². The summed E-state index contributed by atoms with van der Waals surface area (Å²) in [5.41, 5.74) is -0.0969. The molecule has 0 unspecified atom stereocenters. The van der Waals surface area contributed by atoms with Crippen molar-refractivity contribution >= 4 is 27.3 Å². The second-order valence-electron chi connectivity index (χ2n) is 4.44. The average molecular weight is 278 g/mol. The molecule has 0 atom stereocenters. The van der Waals surface area contributed by atoms with E-state index >= 15 is 0 Å². The SMILES string of the molecule is O=C(Cn1ccc2sccc2c1=O)N1CCOCC1. The van der Waals surface area contributed by atoms with Crippen molar-refractivity contribution in [2.75, 3.05) is 26.3 Å². The van der Waals surface area contributed by atoms with Gasteiger partial charge in [-0.15, -0.1) is 11.3 Å². The zero-order chi connectivity index (χ0) is 13.2. The molecule has 5 nitrogen and oxygen atoms in total. The Hall–Kier alpha value is -1.66. The average Bonchev–Trinajstić information content (AvgIpc) is 2.92. The molecule has 0 aromatic carbocycles. The third-order valence-electron chi connectivity index (χ3n) is 3.26. The maximum atomic E-state index is 12.2. The fourth-order valence-electron chi connectivity index (χ4n) is 2.19. The highest BCUT2D eigenvalue weighted by molar-refractivity contribution is 7.17. The predicted molar refractivity (Wildman–Crippen MR) is 73.5 cm³/mol. The fraction of sp³-hybridized carbons (Fsp3) is 0.385. The number of morpholine rings is 1. The lowest BCUT2D eigenvalue weighted by molar-refractivity contribution is -0.135. The van der Waals surface area contributed by atoms with Gasteiger partial charge in [0.15, 0.2) is 0 Å². The summed E-state index contributed by atoms with van der Waals surface area (Å²) in [5, 5.41) is 2.57. The van der Waals surface area contributed by atoms with E-state index < -0.39 is 0 Å². The van der Waals surface area contributed by atoms with Gasteiger partial charge in [0, 0.05) is 24.0 Å². The van der Waals surface area contributed by atoms with Crippen molar-refractivity contribution < 1.29 is 9.53 Å². The highest BCUT2D eigenvalue weighted by Crippen LogP contribution is 2.16. The number of carbonyl (C=O) groups excluding carboxylic acids is 1. The molecule has 19 heavy (non-hydrogen) atoms. The first-order valence-corrected chi connectivity index (χ1v) is 7.06. The van der Waals surface area contributed by atoms with E-state index in [1.807, 2.05) is 11.4 Å². The predicted octanol–water partition coefficient (Wildman–Crippen LogP) is 0.922. The van der Waals surface area contributed by atoms with E-state index in [1.165, 1.54) is 15.9 Å². The Bertz CT molecular complexity index is 655. The number of pyridine rings is 1. The van der Waals surface area contributed by atoms with Crippen molar-refractivity contribution in [2.45, 2.75) is 6.54 Å². The van der Waals surface area contributed by atoms with Gasteiger partial charge in [-0.25, -0.2) is 0 Å². The van der Waals surface area contributed by atoms with Crippen LogP contribution in [0.15, 0.2) is 28.5 Å². The van der Waals surface area contributed by atoms with Crippen LogP contribution in [0, 0.1) is 0 Å². The molecule has 1 aliphatic heterocycles. The number of ether oxygens (including phenoxy) is 1. The van der Waals surface area contributed by atoms with Crippen LogP contribution in [0.1, 0.15) is 0 Å². The molecule has 1 aliphatic rings. The van der Waals surface area contributed by atoms with Crippen LogP contribution < -0.4 is 5.56 Å². The molecule has 0 radical (unpaired) electrons. The number of amides is 1. The molecule has 1 amide bonds. The monoisotopic (exact) mass is 278 g/mol. The Morgan fingerprint density at radius 3 is 2.89 bits per heavy atom. The van der Waals surface area contributed by atoms with E-state index in [-0.39, 0.29) is 18.0 Å². The first-order chi connectivity index (χ1) is 9.25. The van der Waals surface area contributed by atoms with E-state index in [0.29, 0.717) is 31.7 Å². The molecular weight excluding hydrogens is 264 g/mol. The number of thiophene rings is 1. The van der Waals surface area contributed by atoms with E-state index in [1.54, 1.807) is 17.2 Å². The summed E-state index contributed by atoms with van der Waals surface area (Å²) in [6, 6.07) is 3.69. The van der Waals surface area contributed by atoms with Crippen molar-refractivity contribution in [3.8, 4) is 0 Å². The maximum Gasteiger partial charge on any atom is 0.259 e. The zero-order valence-electron chi connectivity index (χ0n) is 10.4. The van der Waals surface area contributed by atoms with E-state index in [0.717, 1.165) is 4.70 Å². The second kappa shape index (κ2) is 5.14. The van der Waals surface area contributed by atoms with Crippen LogP contribution in [-0.4, -0.2) is 41.7 Å². The van der Waals surface area contributed by atoms with Crippen LogP contribution in [0.3, 0.4) is 0 Å². The molecule has 0 spiro atoms. The molecule has 0 bridgehead atoms. The maximum absolute atomic E-state index is 12.2. The van der Waals surface area contributed by atoms with Crippen LogP contribution >= 0.6 is 11.3 Å². The lowest BCUT2D eigenvalue weighted by Crippen LogP contribution is -2.43. The molecule has 2 aromatic heterocycles. The lowest BCUT2D eigenvalue weighted by atomic mass is 10.3. The minimum absolute atomic E-state index is 0.0278. The van der Waals surface area contributed by atoms with Crippen molar-refractivity contribution in [3.63, 3.8) is 0 Å². The summed E-state index contributed by atoms with van der Waals surface area (Å²) in [6.07, 6.45) is 1.69. The molecule has 3 rings (SSSR count). The number of hydrogen-bond acceptors (Lipinski definition) is 4. The second-order valence-corrected chi connectivity index (χ2v) is 5.39. The molecule has 0 N–H and O–H groups in total. The minimum atomic E-state index is -0.0969. The third kappa shape index (κ3) is 2.41. The van der Waals surface area contributed by atoms with Crippen LogP contribution in [0.2, 0.25) is 0 Å². The number of carbonyl (C=O) groups is 1. The Labute approximate surface area is 114 Å². The number of hydrogen-bond donors (Lipinski definition) is 0. The Morgan fingerprint density at radius 2 is 2.11 bits per heavy atom. The van der Waals surface area contributed by atoms with Crippen molar-refractivity contribution in [1.82, 2.24) is 9.47 Å². The molecule has 0 aliphatic carbocycles. The molecule has 0 saturated carbocycles. The van der Waals surface area contributed by atoms with Gasteiger partial charge in [0.2, 0.25) is 5.91 Å². The highest BCUT2D eigenvalue weighted by Gasteiger charge is 2.17. The summed E-state index contributed by atoms with van der Waals surface area (Å²) in [4.78, 5) is 26.0. The summed E-state index contributed by atoms with van der Waals surface area (Å²) in [5.74, 6) is -0.0278. The minimum Gasteiger partial charge on any atom is -0.378 e. The van der Waals surface area contributed by atoms with Gasteiger partial charge in [0.1, 0.15) is 6.54 Å². The van der Waals surface area contributed by atoms with Gasteiger partial charge in [-0.3, -0.25) is 9.59 Å². The van der Waals surface area contributed by atoms with Gasteiger partial charge in [-0.1, -0.05) is 0 Å².